The van der Waals surface area contributed by atoms with Crippen LogP contribution in [0.1, 0.15) is 17.9 Å². The van der Waals surface area contributed by atoms with Crippen molar-refractivity contribution in [2.75, 3.05) is 0 Å². The van der Waals surface area contributed by atoms with Gasteiger partial charge in [0, 0.05) is 28.0 Å². The van der Waals surface area contributed by atoms with Crippen molar-refractivity contribution in [3.05, 3.63) is 64.2 Å². The minimum Gasteiger partial charge on any atom is -0.550 e. The van der Waals surface area contributed by atoms with Crippen LogP contribution in [0.4, 0.5) is 4.39 Å². The maximum atomic E-state index is 13.9. The summed E-state index contributed by atoms with van der Waals surface area (Å²) in [6.45, 7) is 0. The van der Waals surface area contributed by atoms with Gasteiger partial charge < -0.3 is 14.3 Å². The van der Waals surface area contributed by atoms with Crippen LogP contribution in [0.25, 0.3) is 22.7 Å². The van der Waals surface area contributed by atoms with Crippen molar-refractivity contribution in [3.8, 4) is 0 Å². The van der Waals surface area contributed by atoms with Crippen LogP contribution in [0.3, 0.4) is 0 Å². The van der Waals surface area contributed by atoms with E-state index >= 15 is 0 Å². The number of hydrogen-bond donors (Lipinski definition) is 0. The molecule has 0 bridgehead atoms. The van der Waals surface area contributed by atoms with E-state index in [1.807, 2.05) is 0 Å². The molecule has 0 amide bonds. The van der Waals surface area contributed by atoms with Crippen LogP contribution < -0.4 is 5.11 Å². The van der Waals surface area contributed by atoms with Crippen molar-refractivity contribution in [1.82, 2.24) is 4.98 Å². The fourth-order valence-electron chi connectivity index (χ4n) is 2.17. The summed E-state index contributed by atoms with van der Waals surface area (Å²) in [6.07, 6.45) is 0.972. The molecular weight excluding hydrogens is 365 g/mol. The van der Waals surface area contributed by atoms with Crippen molar-refractivity contribution in [2.24, 2.45) is 0 Å². The van der Waals surface area contributed by atoms with E-state index in [0.29, 0.717) is 15.6 Å². The van der Waals surface area contributed by atoms with Crippen LogP contribution in [0.2, 0.25) is 0 Å². The Morgan fingerprint density at radius 2 is 2.09 bits per heavy atom. The van der Waals surface area contributed by atoms with Crippen molar-refractivity contribution < 1.29 is 18.7 Å². The Morgan fingerprint density at radius 3 is 2.83 bits per heavy atom. The van der Waals surface area contributed by atoms with Gasteiger partial charge in [-0.1, -0.05) is 28.1 Å². The SMILES string of the molecule is O=C([O-])C/C(=C\c1cc(Br)ccc1F)c1nc2ccccc2o1. The predicted octanol–water partition coefficient (Wildman–Crippen LogP) is 3.41. The molecule has 3 aromatic rings. The van der Waals surface area contributed by atoms with Crippen molar-refractivity contribution >= 4 is 44.6 Å². The number of hydrogen-bond acceptors (Lipinski definition) is 4. The Kier molecular flexibility index (Phi) is 4.25. The molecule has 0 atom stereocenters. The molecule has 0 spiro atoms. The number of aromatic nitrogens is 1. The highest BCUT2D eigenvalue weighted by atomic mass is 79.9. The third-order valence-electron chi connectivity index (χ3n) is 3.19. The standard InChI is InChI=1S/C17H11BrFNO3/c18-12-5-6-13(19)10(8-12)7-11(9-16(21)22)17-20-14-3-1-2-4-15(14)23-17/h1-8H,9H2,(H,21,22)/p-1/b11-7+. The van der Waals surface area contributed by atoms with Crippen LogP contribution in [0.15, 0.2) is 51.4 Å². The highest BCUT2D eigenvalue weighted by molar-refractivity contribution is 9.10. The minimum atomic E-state index is -1.30. The highest BCUT2D eigenvalue weighted by Crippen LogP contribution is 2.27. The van der Waals surface area contributed by atoms with Gasteiger partial charge in [-0.3, -0.25) is 0 Å². The molecule has 0 saturated carbocycles. The number of carboxylic acids is 1. The molecule has 116 valence electrons. The average molecular weight is 375 g/mol. The molecule has 6 heteroatoms. The largest absolute Gasteiger partial charge is 0.550 e. The number of halogens is 2. The third kappa shape index (κ3) is 3.48. The number of benzene rings is 2. The number of rotatable bonds is 4. The first-order valence-electron chi connectivity index (χ1n) is 6.74. The smallest absolute Gasteiger partial charge is 0.223 e. The van der Waals surface area contributed by atoms with E-state index in [2.05, 4.69) is 20.9 Å². The first-order valence-corrected chi connectivity index (χ1v) is 7.53. The molecule has 4 nitrogen and oxygen atoms in total. The average Bonchev–Trinajstić information content (AvgIpc) is 2.93. The molecule has 23 heavy (non-hydrogen) atoms. The number of para-hydroxylation sites is 2. The highest BCUT2D eigenvalue weighted by Gasteiger charge is 2.12. The lowest BCUT2D eigenvalue weighted by molar-refractivity contribution is -0.304. The molecule has 0 saturated heterocycles. The van der Waals surface area contributed by atoms with Crippen LogP contribution in [-0.4, -0.2) is 11.0 Å². The first kappa shape index (κ1) is 15.4. The summed E-state index contributed by atoms with van der Waals surface area (Å²) >= 11 is 3.26. The zero-order chi connectivity index (χ0) is 16.4. The molecule has 0 unspecified atom stereocenters. The summed E-state index contributed by atoms with van der Waals surface area (Å²) in [4.78, 5) is 15.3. The van der Waals surface area contributed by atoms with Crippen LogP contribution in [-0.2, 0) is 4.79 Å². The van der Waals surface area contributed by atoms with Gasteiger partial charge >= 0.3 is 0 Å². The maximum absolute atomic E-state index is 13.9. The van der Waals surface area contributed by atoms with Crippen LogP contribution in [0, 0.1) is 5.82 Å². The molecule has 0 N–H and O–H groups in total. The predicted molar refractivity (Wildman–Crippen MR) is 85.6 cm³/mol. The molecule has 0 aliphatic heterocycles. The fourth-order valence-corrected chi connectivity index (χ4v) is 2.55. The van der Waals surface area contributed by atoms with E-state index in [1.165, 1.54) is 12.1 Å². The minimum absolute atomic E-state index is 0.134. The second-order valence-corrected chi connectivity index (χ2v) is 5.79. The van der Waals surface area contributed by atoms with Gasteiger partial charge in [-0.05, 0) is 36.4 Å². The van der Waals surface area contributed by atoms with Crippen molar-refractivity contribution in [1.29, 1.82) is 0 Å². The third-order valence-corrected chi connectivity index (χ3v) is 3.68. The Balaban J connectivity index is 2.11. The summed E-state index contributed by atoms with van der Waals surface area (Å²) in [5, 5.41) is 11.0. The molecule has 2 aromatic carbocycles. The first-order chi connectivity index (χ1) is 11.0. The van der Waals surface area contributed by atoms with E-state index < -0.39 is 18.2 Å². The maximum Gasteiger partial charge on any atom is 0.223 e. The second-order valence-electron chi connectivity index (χ2n) is 4.87. The lowest BCUT2D eigenvalue weighted by Crippen LogP contribution is -2.22. The summed E-state index contributed by atoms with van der Waals surface area (Å²) in [6, 6.07) is 11.5. The number of nitrogens with zero attached hydrogens (tertiary/aromatic N) is 1. The van der Waals surface area contributed by atoms with Gasteiger partial charge in [0.1, 0.15) is 11.3 Å². The van der Waals surface area contributed by atoms with Gasteiger partial charge in [-0.25, -0.2) is 9.37 Å². The zero-order valence-electron chi connectivity index (χ0n) is 11.8. The van der Waals surface area contributed by atoms with Gasteiger partial charge in [0.2, 0.25) is 5.89 Å². The Bertz CT molecular complexity index is 884. The van der Waals surface area contributed by atoms with E-state index in [1.54, 1.807) is 36.4 Å². The molecular formula is C17H10BrFNO3-. The van der Waals surface area contributed by atoms with Gasteiger partial charge in [-0.2, -0.15) is 0 Å². The number of aliphatic carboxylic acids is 1. The van der Waals surface area contributed by atoms with Gasteiger partial charge in [0.05, 0.1) is 0 Å². The monoisotopic (exact) mass is 374 g/mol. The van der Waals surface area contributed by atoms with Crippen LogP contribution in [0.5, 0.6) is 0 Å². The number of carbonyl (C=O) groups excluding carboxylic acids is 1. The van der Waals surface area contributed by atoms with E-state index in [0.717, 1.165) is 0 Å². The summed E-state index contributed by atoms with van der Waals surface area (Å²) < 4.78 is 20.2. The number of carboxylic acid groups (broad SMARTS) is 1. The van der Waals surface area contributed by atoms with Crippen LogP contribution >= 0.6 is 15.9 Å². The molecule has 0 aliphatic rings. The van der Waals surface area contributed by atoms with Crippen molar-refractivity contribution in [2.45, 2.75) is 6.42 Å². The Hall–Kier alpha value is -2.47. The topological polar surface area (TPSA) is 66.2 Å². The summed E-state index contributed by atoms with van der Waals surface area (Å²) in [5.74, 6) is -1.64. The fraction of sp³-hybridized carbons (Fsp3) is 0.0588. The zero-order valence-corrected chi connectivity index (χ0v) is 13.3. The number of carbonyl (C=O) groups is 1. The quantitative estimate of drug-likeness (QED) is 0.701. The molecule has 3 rings (SSSR count). The lowest BCUT2D eigenvalue weighted by Gasteiger charge is -2.06. The summed E-state index contributed by atoms with van der Waals surface area (Å²) in [5.41, 5.74) is 1.60. The second kappa shape index (κ2) is 6.34. The Labute approximate surface area is 139 Å². The van der Waals surface area contributed by atoms with Crippen molar-refractivity contribution in [3.63, 3.8) is 0 Å². The molecule has 0 aliphatic carbocycles. The number of fused-ring (bicyclic) bond motifs is 1. The summed E-state index contributed by atoms with van der Waals surface area (Å²) in [7, 11) is 0. The number of oxazole rings is 1. The Morgan fingerprint density at radius 1 is 1.30 bits per heavy atom. The van der Waals surface area contributed by atoms with Gasteiger partial charge in [0.25, 0.3) is 0 Å². The van der Waals surface area contributed by atoms with Gasteiger partial charge in [-0.15, -0.1) is 0 Å². The normalized spacial score (nSPS) is 11.8. The van der Waals surface area contributed by atoms with E-state index in [4.69, 9.17) is 4.42 Å². The molecule has 1 heterocycles. The lowest BCUT2D eigenvalue weighted by atomic mass is 10.1. The molecule has 1 aromatic heterocycles. The molecule has 0 fully saturated rings. The van der Waals surface area contributed by atoms with E-state index in [9.17, 15) is 14.3 Å². The molecule has 0 radical (unpaired) electrons. The van der Waals surface area contributed by atoms with E-state index in [-0.39, 0.29) is 17.0 Å². The van der Waals surface area contributed by atoms with Gasteiger partial charge in [0.15, 0.2) is 5.58 Å².